The van der Waals surface area contributed by atoms with Crippen molar-refractivity contribution in [2.75, 3.05) is 47.9 Å². The molecule has 396 valence electrons. The Labute approximate surface area is 426 Å². The van der Waals surface area contributed by atoms with Gasteiger partial charge in [0.05, 0.1) is 32.3 Å². The molecule has 2 aliphatic heterocycles. The Morgan fingerprint density at radius 3 is 1.82 bits per heavy atom. The topological polar surface area (TPSA) is 224 Å². The molecule has 0 unspecified atom stereocenters. The monoisotopic (exact) mass is 1000 g/mol. The molecule has 4 N–H and O–H groups in total. The molecule has 0 saturated carbocycles. The predicted molar refractivity (Wildman–Crippen MR) is 273 cm³/mol. The highest BCUT2D eigenvalue weighted by atomic mass is 16.5. The first-order valence-electron chi connectivity index (χ1n) is 25.7. The number of Topliss-reactive ketones (excluding diaryl/α,β-unsaturated/α-hetero) is 1. The summed E-state index contributed by atoms with van der Waals surface area (Å²) in [5.41, 5.74) is 1.58. The van der Waals surface area contributed by atoms with Crippen molar-refractivity contribution in [1.82, 2.24) is 40.9 Å². The summed E-state index contributed by atoms with van der Waals surface area (Å²) in [6.07, 6.45) is 5.48. The van der Waals surface area contributed by atoms with Gasteiger partial charge in [-0.25, -0.2) is 4.79 Å². The molecule has 0 bridgehead atoms. The molecule has 7 amide bonds. The van der Waals surface area contributed by atoms with Crippen LogP contribution in [0.25, 0.3) is 0 Å². The van der Waals surface area contributed by atoms with Gasteiger partial charge in [-0.2, -0.15) is 0 Å². The van der Waals surface area contributed by atoms with Crippen LogP contribution in [0.3, 0.4) is 0 Å². The number of rotatable bonds is 26. The van der Waals surface area contributed by atoms with E-state index in [0.29, 0.717) is 38.6 Å². The van der Waals surface area contributed by atoms with Gasteiger partial charge in [-0.05, 0) is 55.1 Å². The highest BCUT2D eigenvalue weighted by molar-refractivity contribution is 5.97. The number of methoxy groups -OCH3 is 1. The van der Waals surface area contributed by atoms with E-state index in [-0.39, 0.29) is 30.4 Å². The summed E-state index contributed by atoms with van der Waals surface area (Å²) in [5.74, 6) is -5.19. The van der Waals surface area contributed by atoms with Crippen LogP contribution in [-0.4, -0.2) is 163 Å². The van der Waals surface area contributed by atoms with Crippen molar-refractivity contribution < 1.29 is 47.9 Å². The number of carbonyl (C=O) groups excluding carboxylic acids is 9. The van der Waals surface area contributed by atoms with E-state index in [2.05, 4.69) is 28.2 Å². The minimum absolute atomic E-state index is 0.0833. The number of likely N-dealkylation sites (tertiary alicyclic amines) is 1. The van der Waals surface area contributed by atoms with E-state index in [1.54, 1.807) is 27.8 Å². The Morgan fingerprint density at radius 2 is 1.26 bits per heavy atom. The molecular weight excluding hydrogens is 921 g/mol. The Hall–Kier alpha value is -6.17. The van der Waals surface area contributed by atoms with Gasteiger partial charge < -0.3 is 40.3 Å². The maximum Gasteiger partial charge on any atom is 0.328 e. The molecule has 0 aliphatic carbocycles. The molecule has 2 saturated heterocycles. The normalized spacial score (nSPS) is 18.9. The van der Waals surface area contributed by atoms with Crippen LogP contribution in [0.5, 0.6) is 0 Å². The van der Waals surface area contributed by atoms with E-state index < -0.39 is 109 Å². The molecule has 18 nitrogen and oxygen atoms in total. The van der Waals surface area contributed by atoms with E-state index in [0.717, 1.165) is 30.4 Å². The number of carbonyl (C=O) groups is 9. The minimum atomic E-state index is -1.11. The van der Waals surface area contributed by atoms with Gasteiger partial charge in [-0.3, -0.25) is 43.7 Å². The van der Waals surface area contributed by atoms with Gasteiger partial charge in [0.25, 0.3) is 0 Å². The molecule has 2 heterocycles. The first-order chi connectivity index (χ1) is 34.2. The summed E-state index contributed by atoms with van der Waals surface area (Å²) in [4.78, 5) is 129. The lowest BCUT2D eigenvalue weighted by Crippen LogP contribution is -2.59. The fourth-order valence-electron chi connectivity index (χ4n) is 9.63. The second-order valence-electron chi connectivity index (χ2n) is 19.9. The maximum absolute atomic E-state index is 14.2. The number of hydrogen-bond acceptors (Lipinski definition) is 11. The van der Waals surface area contributed by atoms with Crippen molar-refractivity contribution in [1.29, 1.82) is 0 Å². The van der Waals surface area contributed by atoms with Crippen LogP contribution in [0.4, 0.5) is 0 Å². The van der Waals surface area contributed by atoms with Crippen LogP contribution < -0.4 is 21.3 Å². The number of amides is 7. The molecule has 2 aromatic rings. The Morgan fingerprint density at radius 1 is 0.708 bits per heavy atom. The average Bonchev–Trinajstić information content (AvgIpc) is 4.09. The van der Waals surface area contributed by atoms with Crippen LogP contribution >= 0.6 is 0 Å². The van der Waals surface area contributed by atoms with E-state index >= 15 is 0 Å². The number of ketones is 1. The smallest absolute Gasteiger partial charge is 0.328 e. The zero-order chi connectivity index (χ0) is 53.2. The quantitative estimate of drug-likeness (QED) is 0.100. The third-order valence-corrected chi connectivity index (χ3v) is 14.4. The van der Waals surface area contributed by atoms with Crippen LogP contribution in [-0.2, 0) is 60.7 Å². The van der Waals surface area contributed by atoms with Crippen LogP contribution in [0.2, 0.25) is 0 Å². The summed E-state index contributed by atoms with van der Waals surface area (Å²) in [6, 6.07) is 12.3. The Balaban J connectivity index is 1.42. The lowest BCUT2D eigenvalue weighted by Gasteiger charge is -2.34. The van der Waals surface area contributed by atoms with Gasteiger partial charge in [0.15, 0.2) is 5.78 Å². The van der Waals surface area contributed by atoms with E-state index in [9.17, 15) is 43.2 Å². The predicted octanol–water partition coefficient (Wildman–Crippen LogP) is 3.05. The lowest BCUT2D eigenvalue weighted by atomic mass is 9.94. The lowest BCUT2D eigenvalue weighted by molar-refractivity contribution is -0.154. The third-order valence-electron chi connectivity index (χ3n) is 14.4. The number of nitrogens with one attached hydrogen (secondary N) is 4. The Bertz CT molecular complexity index is 2180. The van der Waals surface area contributed by atoms with Gasteiger partial charge in [0, 0.05) is 46.4 Å². The largest absolute Gasteiger partial charge is 0.467 e. The van der Waals surface area contributed by atoms with E-state index in [1.807, 2.05) is 74.5 Å². The molecule has 0 aromatic heterocycles. The number of ether oxygens (including phenoxy) is 1. The summed E-state index contributed by atoms with van der Waals surface area (Å²) in [7, 11) is 5.73. The molecule has 9 atom stereocenters. The number of hydrogen-bond donors (Lipinski definition) is 4. The summed E-state index contributed by atoms with van der Waals surface area (Å²) in [5, 5.41) is 11.4. The number of esters is 1. The van der Waals surface area contributed by atoms with Crippen molar-refractivity contribution in [3.8, 4) is 0 Å². The van der Waals surface area contributed by atoms with Crippen molar-refractivity contribution >= 4 is 53.1 Å². The van der Waals surface area contributed by atoms with Crippen molar-refractivity contribution in [3.05, 3.63) is 71.8 Å². The van der Waals surface area contributed by atoms with Crippen molar-refractivity contribution in [3.63, 3.8) is 0 Å². The zero-order valence-corrected chi connectivity index (χ0v) is 44.1. The first kappa shape index (κ1) is 58.4. The van der Waals surface area contributed by atoms with Gasteiger partial charge in [-0.1, -0.05) is 121 Å². The number of nitrogens with zero attached hydrogens (tertiary/aromatic N) is 4. The van der Waals surface area contributed by atoms with Gasteiger partial charge in [0.1, 0.15) is 30.2 Å². The maximum atomic E-state index is 14.2. The molecule has 0 radical (unpaired) electrons. The molecule has 4 rings (SSSR count). The van der Waals surface area contributed by atoms with Crippen molar-refractivity contribution in [2.45, 2.75) is 148 Å². The standard InChI is InChI=1S/C54H80N8O10/c1-11-13-21-36(6)48(65)39-27-28-40(57-39)52(69)60(8)42(30-37-22-16-14-17-23-37)49(66)55-33-45(64)61(9)47(34(3)4)51(68)58-46(35(5)12-2)50(67)56-32-44(63)59(7)43(31-38-24-18-15-19-25-38)53(70)62-29-20-26-41(62)54(71)72-10/h14-19,22-25,34-36,39-43,46-47,57H,11-13,20-21,26-33H2,1-10H3,(H,55,66)(H,56,67)(H,58,68)/t35-,36+,39+,40-,41+,42-,43-,46-,47+/m0/s1. The second kappa shape index (κ2) is 28.2. The summed E-state index contributed by atoms with van der Waals surface area (Å²) in [6.45, 7) is 10.5. The SMILES string of the molecule is CCCC[C@@H](C)C(=O)[C@H]1CC[C@@H](C(=O)N(C)[C@@H](Cc2ccccc2)C(=O)NCC(=O)N(C)[C@@H](C(=O)N[C@H](C(=O)NCC(=O)N(C)[C@@H](Cc2ccccc2)C(=O)N2CCC[C@@H]2C(=O)OC)[C@@H](C)CC)C(C)C)N1. The number of unbranched alkanes of at least 4 members (excludes halogenated alkanes) is 1. The van der Waals surface area contributed by atoms with Gasteiger partial charge in [-0.15, -0.1) is 0 Å². The van der Waals surface area contributed by atoms with Crippen LogP contribution in [0, 0.1) is 17.8 Å². The number of likely N-dealkylation sites (N-methyl/N-ethyl adjacent to an activating group) is 3. The first-order valence-corrected chi connectivity index (χ1v) is 25.7. The number of benzene rings is 2. The molecular formula is C54H80N8O10. The van der Waals surface area contributed by atoms with Gasteiger partial charge >= 0.3 is 5.97 Å². The molecule has 2 aromatic carbocycles. The van der Waals surface area contributed by atoms with Gasteiger partial charge in [0.2, 0.25) is 41.4 Å². The van der Waals surface area contributed by atoms with E-state index in [4.69, 9.17) is 4.74 Å². The molecule has 0 spiro atoms. The van der Waals surface area contributed by atoms with Crippen molar-refractivity contribution in [2.24, 2.45) is 17.8 Å². The minimum Gasteiger partial charge on any atom is -0.467 e. The second-order valence-corrected chi connectivity index (χ2v) is 19.9. The summed E-state index contributed by atoms with van der Waals surface area (Å²) >= 11 is 0. The van der Waals surface area contributed by atoms with E-state index in [1.165, 1.54) is 40.8 Å². The highest BCUT2D eigenvalue weighted by Gasteiger charge is 2.42. The molecule has 2 aliphatic rings. The summed E-state index contributed by atoms with van der Waals surface area (Å²) < 4.78 is 4.96. The Kier molecular flexibility index (Phi) is 22.9. The molecule has 72 heavy (non-hydrogen) atoms. The fraction of sp³-hybridized carbons (Fsp3) is 0.611. The average molecular weight is 1000 g/mol. The fourth-order valence-corrected chi connectivity index (χ4v) is 9.63. The third kappa shape index (κ3) is 15.7. The van der Waals surface area contributed by atoms with Crippen LogP contribution in [0.15, 0.2) is 60.7 Å². The molecule has 2 fully saturated rings. The highest BCUT2D eigenvalue weighted by Crippen LogP contribution is 2.24. The van der Waals surface area contributed by atoms with Crippen LogP contribution in [0.1, 0.15) is 104 Å². The molecule has 18 heteroatoms. The zero-order valence-electron chi connectivity index (χ0n) is 44.1.